The molecule has 118 valence electrons. The van der Waals surface area contributed by atoms with Crippen LogP contribution in [0.4, 0.5) is 13.2 Å². The number of benzene rings is 1. The van der Waals surface area contributed by atoms with Crippen LogP contribution >= 0.6 is 0 Å². The molecule has 0 radical (unpaired) electrons. The number of halogens is 3. The fourth-order valence-corrected chi connectivity index (χ4v) is 2.28. The lowest BCUT2D eigenvalue weighted by Crippen LogP contribution is -2.42. The molecule has 22 heavy (non-hydrogen) atoms. The van der Waals surface area contributed by atoms with Crippen molar-refractivity contribution in [2.75, 3.05) is 0 Å². The zero-order valence-corrected chi connectivity index (χ0v) is 11.6. The third-order valence-electron chi connectivity index (χ3n) is 3.34. The molecule has 7 heteroatoms. The first-order chi connectivity index (χ1) is 10.4. The molecule has 0 aromatic heterocycles. The molecule has 1 aromatic carbocycles. The lowest BCUT2D eigenvalue weighted by molar-refractivity contribution is -0.174. The van der Waals surface area contributed by atoms with Gasteiger partial charge in [0.05, 0.1) is 12.3 Å². The number of rotatable bonds is 5. The van der Waals surface area contributed by atoms with E-state index >= 15 is 0 Å². The summed E-state index contributed by atoms with van der Waals surface area (Å²) in [5.74, 6) is -3.45. The third kappa shape index (κ3) is 4.09. The Morgan fingerprint density at radius 3 is 2.50 bits per heavy atom. The fourth-order valence-electron chi connectivity index (χ4n) is 2.28. The molecule has 1 aromatic rings. The summed E-state index contributed by atoms with van der Waals surface area (Å²) >= 11 is 0. The van der Waals surface area contributed by atoms with E-state index in [-0.39, 0.29) is 18.5 Å². The molecule has 0 heterocycles. The standard InChI is InChI=1S/C15H15F3N2O2/c16-15(17,18)14(22)11-7-4-8-12(11)19-20-13(21)9-10-5-2-1-3-6-10/h1-3,5-6,8,11,19H,4,7,9H2,(H,20,21)/t11-/m1/s1. The third-order valence-corrected chi connectivity index (χ3v) is 3.34. The van der Waals surface area contributed by atoms with Crippen LogP contribution in [-0.2, 0) is 16.0 Å². The quantitative estimate of drug-likeness (QED) is 0.820. The lowest BCUT2D eigenvalue weighted by Gasteiger charge is -2.17. The van der Waals surface area contributed by atoms with Crippen LogP contribution in [-0.4, -0.2) is 17.9 Å². The Balaban J connectivity index is 1.88. The minimum atomic E-state index is -4.87. The van der Waals surface area contributed by atoms with E-state index in [4.69, 9.17) is 0 Å². The summed E-state index contributed by atoms with van der Waals surface area (Å²) in [6, 6.07) is 8.92. The molecule has 0 saturated carbocycles. The fraction of sp³-hybridized carbons (Fsp3) is 0.333. The van der Waals surface area contributed by atoms with Crippen molar-refractivity contribution in [3.05, 3.63) is 47.7 Å². The van der Waals surface area contributed by atoms with Crippen LogP contribution in [0, 0.1) is 5.92 Å². The summed E-state index contributed by atoms with van der Waals surface area (Å²) in [4.78, 5) is 23.0. The number of alkyl halides is 3. The number of Topliss-reactive ketones (excluding diaryl/α,β-unsaturated/α-hetero) is 1. The van der Waals surface area contributed by atoms with Crippen LogP contribution in [0.2, 0.25) is 0 Å². The first kappa shape index (κ1) is 16.1. The Bertz CT molecular complexity index is 582. The molecular weight excluding hydrogens is 297 g/mol. The molecule has 2 rings (SSSR count). The van der Waals surface area contributed by atoms with Crippen molar-refractivity contribution < 1.29 is 22.8 Å². The number of hydrogen-bond donors (Lipinski definition) is 2. The van der Waals surface area contributed by atoms with Gasteiger partial charge in [0.15, 0.2) is 0 Å². The van der Waals surface area contributed by atoms with Gasteiger partial charge in [-0.1, -0.05) is 36.4 Å². The van der Waals surface area contributed by atoms with Gasteiger partial charge in [0.1, 0.15) is 0 Å². The van der Waals surface area contributed by atoms with Crippen LogP contribution in [0.3, 0.4) is 0 Å². The van der Waals surface area contributed by atoms with Gasteiger partial charge in [0.2, 0.25) is 11.7 Å². The van der Waals surface area contributed by atoms with Gasteiger partial charge >= 0.3 is 6.18 Å². The lowest BCUT2D eigenvalue weighted by atomic mass is 10.0. The number of hydrogen-bond acceptors (Lipinski definition) is 3. The molecule has 0 unspecified atom stereocenters. The summed E-state index contributed by atoms with van der Waals surface area (Å²) in [6.07, 6.45) is -2.82. The van der Waals surface area contributed by atoms with Crippen molar-refractivity contribution in [3.63, 3.8) is 0 Å². The highest BCUT2D eigenvalue weighted by molar-refractivity contribution is 5.89. The highest BCUT2D eigenvalue weighted by atomic mass is 19.4. The minimum absolute atomic E-state index is 0.0925. The van der Waals surface area contributed by atoms with Crippen LogP contribution in [0.5, 0.6) is 0 Å². The van der Waals surface area contributed by atoms with E-state index in [1.54, 1.807) is 24.3 Å². The molecule has 0 aliphatic heterocycles. The Labute approximate surface area is 125 Å². The van der Waals surface area contributed by atoms with Crippen LogP contribution < -0.4 is 10.9 Å². The topological polar surface area (TPSA) is 58.2 Å². The van der Waals surface area contributed by atoms with E-state index < -0.39 is 23.8 Å². The van der Waals surface area contributed by atoms with Crippen molar-refractivity contribution in [1.82, 2.24) is 10.9 Å². The maximum absolute atomic E-state index is 12.5. The summed E-state index contributed by atoms with van der Waals surface area (Å²) < 4.78 is 37.4. The van der Waals surface area contributed by atoms with E-state index in [0.29, 0.717) is 6.42 Å². The Kier molecular flexibility index (Phi) is 4.85. The number of carbonyl (C=O) groups excluding carboxylic acids is 2. The first-order valence-electron chi connectivity index (χ1n) is 6.78. The molecule has 0 bridgehead atoms. The SMILES string of the molecule is O=C(Cc1ccccc1)NNC1=CCC[C@H]1C(=O)C(F)(F)F. The van der Waals surface area contributed by atoms with Crippen LogP contribution in [0.1, 0.15) is 18.4 Å². The second-order valence-electron chi connectivity index (χ2n) is 4.99. The van der Waals surface area contributed by atoms with E-state index in [0.717, 1.165) is 5.56 Å². The van der Waals surface area contributed by atoms with Crippen molar-refractivity contribution in [3.8, 4) is 0 Å². The molecular formula is C15H15F3N2O2. The monoisotopic (exact) mass is 312 g/mol. The van der Waals surface area contributed by atoms with Gasteiger partial charge in [-0.15, -0.1) is 0 Å². The maximum Gasteiger partial charge on any atom is 0.450 e. The van der Waals surface area contributed by atoms with E-state index in [2.05, 4.69) is 10.9 Å². The molecule has 0 saturated heterocycles. The average molecular weight is 312 g/mol. The summed E-state index contributed by atoms with van der Waals surface area (Å²) in [5.41, 5.74) is 5.66. The average Bonchev–Trinajstić information content (AvgIpc) is 2.92. The van der Waals surface area contributed by atoms with E-state index in [1.165, 1.54) is 6.08 Å². The van der Waals surface area contributed by atoms with Crippen molar-refractivity contribution in [2.45, 2.75) is 25.4 Å². The smallest absolute Gasteiger partial charge is 0.302 e. The zero-order valence-electron chi connectivity index (χ0n) is 11.6. The maximum atomic E-state index is 12.5. The van der Waals surface area contributed by atoms with Gasteiger partial charge in [-0.3, -0.25) is 15.0 Å². The van der Waals surface area contributed by atoms with E-state index in [9.17, 15) is 22.8 Å². The second-order valence-corrected chi connectivity index (χ2v) is 4.99. The van der Waals surface area contributed by atoms with Crippen molar-refractivity contribution in [2.24, 2.45) is 5.92 Å². The largest absolute Gasteiger partial charge is 0.450 e. The number of allylic oxidation sites excluding steroid dienone is 2. The normalized spacial score (nSPS) is 17.8. The highest BCUT2D eigenvalue weighted by Crippen LogP contribution is 2.31. The summed E-state index contributed by atoms with van der Waals surface area (Å²) in [6.45, 7) is 0. The highest BCUT2D eigenvalue weighted by Gasteiger charge is 2.45. The van der Waals surface area contributed by atoms with Gasteiger partial charge < -0.3 is 5.43 Å². The Morgan fingerprint density at radius 1 is 1.18 bits per heavy atom. The number of amides is 1. The number of carbonyl (C=O) groups is 2. The Hall–Kier alpha value is -2.31. The summed E-state index contributed by atoms with van der Waals surface area (Å²) in [7, 11) is 0. The molecule has 0 spiro atoms. The van der Waals surface area contributed by atoms with Crippen LogP contribution in [0.15, 0.2) is 42.1 Å². The predicted octanol–water partition coefficient (Wildman–Crippen LogP) is 2.28. The molecule has 0 fully saturated rings. The second kappa shape index (κ2) is 6.64. The number of hydrazine groups is 1. The van der Waals surface area contributed by atoms with Crippen molar-refractivity contribution >= 4 is 11.7 Å². The molecule has 1 atom stereocenters. The Morgan fingerprint density at radius 2 is 1.86 bits per heavy atom. The molecule has 1 aliphatic rings. The van der Waals surface area contributed by atoms with Crippen molar-refractivity contribution in [1.29, 1.82) is 0 Å². The van der Waals surface area contributed by atoms with E-state index in [1.807, 2.05) is 6.07 Å². The van der Waals surface area contributed by atoms with Gasteiger partial charge in [-0.25, -0.2) is 0 Å². The van der Waals surface area contributed by atoms with Gasteiger partial charge in [0.25, 0.3) is 0 Å². The molecule has 1 aliphatic carbocycles. The van der Waals surface area contributed by atoms with Gasteiger partial charge in [0, 0.05) is 5.70 Å². The van der Waals surface area contributed by atoms with Gasteiger partial charge in [-0.2, -0.15) is 13.2 Å². The minimum Gasteiger partial charge on any atom is -0.302 e. The zero-order chi connectivity index (χ0) is 16.2. The number of nitrogens with one attached hydrogen (secondary N) is 2. The molecule has 2 N–H and O–H groups in total. The number of ketones is 1. The predicted molar refractivity (Wildman–Crippen MR) is 73.3 cm³/mol. The molecule has 4 nitrogen and oxygen atoms in total. The molecule has 1 amide bonds. The van der Waals surface area contributed by atoms with Gasteiger partial charge in [-0.05, 0) is 18.4 Å². The van der Waals surface area contributed by atoms with Crippen LogP contribution in [0.25, 0.3) is 0 Å². The summed E-state index contributed by atoms with van der Waals surface area (Å²) in [5, 5.41) is 0. The first-order valence-corrected chi connectivity index (χ1v) is 6.78.